The predicted molar refractivity (Wildman–Crippen MR) is 174 cm³/mol. The standard InChI is InChI=1S/C34H37ClN4O3S/c1-3-22-6-5-7-23(4-2)30(22)39-31(25-12-18-42-19-13-25)27(33(40)38-16-14-36-15-17-38)20-28(34(39)41)32-37-29(21-43-32)24-8-10-26(35)11-9-24/h5-11,20-21,25,36H,3-4,12-19H2,1-2H3. The zero-order valence-corrected chi connectivity index (χ0v) is 26.3. The minimum atomic E-state index is -0.133. The number of hydrogen-bond acceptors (Lipinski definition) is 6. The lowest BCUT2D eigenvalue weighted by Crippen LogP contribution is -2.47. The number of piperazine rings is 1. The molecule has 0 saturated carbocycles. The molecular weight excluding hydrogens is 580 g/mol. The van der Waals surface area contributed by atoms with Crippen molar-refractivity contribution < 1.29 is 9.53 Å². The molecule has 2 saturated heterocycles. The number of benzene rings is 2. The molecule has 2 aromatic heterocycles. The van der Waals surface area contributed by atoms with Crippen molar-refractivity contribution in [3.8, 4) is 27.5 Å². The first-order chi connectivity index (χ1) is 21.0. The molecule has 43 heavy (non-hydrogen) atoms. The van der Waals surface area contributed by atoms with Crippen LogP contribution >= 0.6 is 22.9 Å². The smallest absolute Gasteiger partial charge is 0.265 e. The number of aromatic nitrogens is 2. The van der Waals surface area contributed by atoms with E-state index < -0.39 is 0 Å². The van der Waals surface area contributed by atoms with Crippen molar-refractivity contribution in [2.45, 2.75) is 45.4 Å². The van der Waals surface area contributed by atoms with Crippen LogP contribution in [0.2, 0.25) is 5.02 Å². The van der Waals surface area contributed by atoms with Gasteiger partial charge >= 0.3 is 0 Å². The van der Waals surface area contributed by atoms with Crippen LogP contribution in [0.3, 0.4) is 0 Å². The molecule has 7 nitrogen and oxygen atoms in total. The van der Waals surface area contributed by atoms with Crippen molar-refractivity contribution in [3.05, 3.63) is 91.7 Å². The van der Waals surface area contributed by atoms with Crippen molar-refractivity contribution in [1.29, 1.82) is 0 Å². The van der Waals surface area contributed by atoms with Crippen LogP contribution < -0.4 is 10.9 Å². The number of carbonyl (C=O) groups is 1. The maximum atomic E-state index is 14.9. The SMILES string of the molecule is CCc1cccc(CC)c1-n1c(C2CCOCC2)c(C(=O)N2CCNCC2)cc(-c2nc(-c3ccc(Cl)cc3)cs2)c1=O. The van der Waals surface area contributed by atoms with E-state index in [1.54, 1.807) is 0 Å². The third kappa shape index (κ3) is 5.94. The molecule has 2 aliphatic heterocycles. The average molecular weight is 617 g/mol. The Kier molecular flexibility index (Phi) is 9.09. The molecule has 2 aromatic carbocycles. The van der Waals surface area contributed by atoms with Gasteiger partial charge < -0.3 is 15.0 Å². The summed E-state index contributed by atoms with van der Waals surface area (Å²) in [5, 5.41) is 6.57. The number of ether oxygens (including phenoxy) is 1. The number of amides is 1. The Bertz CT molecular complexity index is 1650. The highest BCUT2D eigenvalue weighted by atomic mass is 35.5. The predicted octanol–water partition coefficient (Wildman–Crippen LogP) is 6.35. The van der Waals surface area contributed by atoms with Crippen LogP contribution in [0, 0.1) is 0 Å². The van der Waals surface area contributed by atoms with E-state index in [0.717, 1.165) is 72.5 Å². The third-order valence-corrected chi connectivity index (χ3v) is 9.67. The second kappa shape index (κ2) is 13.1. The fourth-order valence-electron chi connectivity index (χ4n) is 6.24. The van der Waals surface area contributed by atoms with Gasteiger partial charge in [-0.2, -0.15) is 0 Å². The van der Waals surface area contributed by atoms with E-state index in [9.17, 15) is 9.59 Å². The molecule has 9 heteroatoms. The summed E-state index contributed by atoms with van der Waals surface area (Å²) in [7, 11) is 0. The lowest BCUT2D eigenvalue weighted by atomic mass is 9.89. The molecule has 224 valence electrons. The monoisotopic (exact) mass is 616 g/mol. The summed E-state index contributed by atoms with van der Waals surface area (Å²) >= 11 is 7.55. The van der Waals surface area contributed by atoms with Crippen LogP contribution in [-0.4, -0.2) is 59.8 Å². The summed E-state index contributed by atoms with van der Waals surface area (Å²) in [6, 6.07) is 15.6. The average Bonchev–Trinajstić information content (AvgIpc) is 3.55. The van der Waals surface area contributed by atoms with Gasteiger partial charge in [-0.25, -0.2) is 4.98 Å². The molecule has 2 fully saturated rings. The molecule has 0 aliphatic carbocycles. The first-order valence-corrected chi connectivity index (χ1v) is 16.5. The maximum Gasteiger partial charge on any atom is 0.265 e. The zero-order chi connectivity index (χ0) is 29.9. The molecule has 6 rings (SSSR count). The minimum absolute atomic E-state index is 0.0212. The number of rotatable bonds is 7. The number of carbonyl (C=O) groups excluding carboxylic acids is 1. The number of thiazole rings is 1. The Labute approximate surface area is 261 Å². The van der Waals surface area contributed by atoms with Gasteiger partial charge in [0.05, 0.1) is 22.5 Å². The van der Waals surface area contributed by atoms with Crippen molar-refractivity contribution in [2.24, 2.45) is 0 Å². The molecule has 0 bridgehead atoms. The lowest BCUT2D eigenvalue weighted by Gasteiger charge is -2.32. The second-order valence-electron chi connectivity index (χ2n) is 11.1. The Hall–Kier alpha value is -3.30. The van der Waals surface area contributed by atoms with Gasteiger partial charge in [-0.05, 0) is 55.0 Å². The summed E-state index contributed by atoms with van der Waals surface area (Å²) in [5.74, 6) is -0.00703. The van der Waals surface area contributed by atoms with Crippen LogP contribution in [0.1, 0.15) is 59.8 Å². The molecule has 0 radical (unpaired) electrons. The maximum absolute atomic E-state index is 14.9. The number of halogens is 1. The number of aryl methyl sites for hydroxylation is 2. The van der Waals surface area contributed by atoms with Crippen LogP contribution in [-0.2, 0) is 17.6 Å². The van der Waals surface area contributed by atoms with Crippen molar-refractivity contribution in [1.82, 2.24) is 19.8 Å². The molecule has 0 atom stereocenters. The number of hydrogen-bond donors (Lipinski definition) is 1. The summed E-state index contributed by atoms with van der Waals surface area (Å²) in [6.07, 6.45) is 3.06. The summed E-state index contributed by atoms with van der Waals surface area (Å²) in [6.45, 7) is 8.21. The van der Waals surface area contributed by atoms with Gasteiger partial charge in [0.15, 0.2) is 0 Å². The van der Waals surface area contributed by atoms with E-state index in [4.69, 9.17) is 21.3 Å². The van der Waals surface area contributed by atoms with Crippen LogP contribution in [0.15, 0.2) is 58.7 Å². The van der Waals surface area contributed by atoms with Crippen LogP contribution in [0.25, 0.3) is 27.5 Å². The molecular formula is C34H37ClN4O3S. The highest BCUT2D eigenvalue weighted by molar-refractivity contribution is 7.13. The first kappa shape index (κ1) is 29.8. The van der Waals surface area contributed by atoms with Crippen molar-refractivity contribution in [2.75, 3.05) is 39.4 Å². The summed E-state index contributed by atoms with van der Waals surface area (Å²) in [4.78, 5) is 36.1. The largest absolute Gasteiger partial charge is 0.381 e. The Morgan fingerprint density at radius 2 is 1.72 bits per heavy atom. The number of pyridine rings is 1. The second-order valence-corrected chi connectivity index (χ2v) is 12.4. The third-order valence-electron chi connectivity index (χ3n) is 8.54. The number of nitrogens with one attached hydrogen (secondary N) is 1. The van der Waals surface area contributed by atoms with E-state index in [1.807, 2.05) is 45.2 Å². The van der Waals surface area contributed by atoms with Gasteiger partial charge in [0.25, 0.3) is 11.5 Å². The molecule has 4 heterocycles. The van der Waals surface area contributed by atoms with Gasteiger partial charge in [-0.15, -0.1) is 11.3 Å². The van der Waals surface area contributed by atoms with Crippen LogP contribution in [0.5, 0.6) is 0 Å². The molecule has 2 aliphatic rings. The summed E-state index contributed by atoms with van der Waals surface area (Å²) in [5.41, 5.74) is 6.51. The van der Waals surface area contributed by atoms with E-state index in [-0.39, 0.29) is 17.4 Å². The number of nitrogens with zero attached hydrogens (tertiary/aromatic N) is 3. The first-order valence-electron chi connectivity index (χ1n) is 15.2. The Morgan fingerprint density at radius 1 is 1.05 bits per heavy atom. The molecule has 0 unspecified atom stereocenters. The van der Waals surface area contributed by atoms with Gasteiger partial charge in [0.2, 0.25) is 0 Å². The zero-order valence-electron chi connectivity index (χ0n) is 24.7. The van der Waals surface area contributed by atoms with E-state index in [1.165, 1.54) is 11.3 Å². The Morgan fingerprint density at radius 3 is 2.37 bits per heavy atom. The van der Waals surface area contributed by atoms with Crippen molar-refractivity contribution in [3.63, 3.8) is 0 Å². The molecule has 4 aromatic rings. The van der Waals surface area contributed by atoms with E-state index in [2.05, 4.69) is 37.4 Å². The number of para-hydroxylation sites is 1. The highest BCUT2D eigenvalue weighted by Crippen LogP contribution is 2.36. The highest BCUT2D eigenvalue weighted by Gasteiger charge is 2.32. The minimum Gasteiger partial charge on any atom is -0.381 e. The molecule has 0 spiro atoms. The van der Waals surface area contributed by atoms with E-state index >= 15 is 0 Å². The normalized spacial score (nSPS) is 16.0. The fourth-order valence-corrected chi connectivity index (χ4v) is 7.20. The van der Waals surface area contributed by atoms with Gasteiger partial charge in [0.1, 0.15) is 5.01 Å². The van der Waals surface area contributed by atoms with Crippen LogP contribution in [0.4, 0.5) is 0 Å². The van der Waals surface area contributed by atoms with Crippen molar-refractivity contribution >= 4 is 28.8 Å². The van der Waals surface area contributed by atoms with Gasteiger partial charge in [-0.3, -0.25) is 14.2 Å². The molecule has 1 N–H and O–H groups in total. The quantitative estimate of drug-likeness (QED) is 0.262. The summed E-state index contributed by atoms with van der Waals surface area (Å²) < 4.78 is 7.63. The topological polar surface area (TPSA) is 76.5 Å². The fraction of sp³-hybridized carbons (Fsp3) is 0.382. The van der Waals surface area contributed by atoms with Gasteiger partial charge in [-0.1, -0.05) is 55.8 Å². The lowest BCUT2D eigenvalue weighted by molar-refractivity contribution is 0.0718. The Balaban J connectivity index is 1.63. The molecule has 1 amide bonds. The van der Waals surface area contributed by atoms with Gasteiger partial charge in [0, 0.05) is 67.0 Å². The van der Waals surface area contributed by atoms with E-state index in [0.29, 0.717) is 47.5 Å².